The Bertz CT molecular complexity index is 649. The van der Waals surface area contributed by atoms with Gasteiger partial charge in [0.05, 0.1) is 26.5 Å². The van der Waals surface area contributed by atoms with Gasteiger partial charge in [-0.15, -0.1) is 0 Å². The number of anilines is 1. The summed E-state index contributed by atoms with van der Waals surface area (Å²) >= 11 is 11.5. The highest BCUT2D eigenvalue weighted by Crippen LogP contribution is 2.24. The minimum atomic E-state index is -1.36. The minimum absolute atomic E-state index is 0.00793. The van der Waals surface area contributed by atoms with E-state index in [0.717, 1.165) is 0 Å². The van der Waals surface area contributed by atoms with Crippen LogP contribution < -0.4 is 5.73 Å². The smallest absolute Gasteiger partial charge is 0.141 e. The fraction of sp³-hybridized carbons (Fsp3) is 0.0769. The Labute approximate surface area is 122 Å². The Morgan fingerprint density at radius 2 is 1.89 bits per heavy atom. The van der Waals surface area contributed by atoms with Crippen molar-refractivity contribution in [1.82, 2.24) is 0 Å². The summed E-state index contributed by atoms with van der Waals surface area (Å²) < 4.78 is 25.2. The van der Waals surface area contributed by atoms with E-state index in [9.17, 15) is 8.60 Å². The van der Waals surface area contributed by atoms with E-state index in [-0.39, 0.29) is 10.8 Å². The van der Waals surface area contributed by atoms with E-state index < -0.39 is 16.6 Å². The Hall–Kier alpha value is -1.10. The van der Waals surface area contributed by atoms with E-state index in [1.54, 1.807) is 24.3 Å². The summed E-state index contributed by atoms with van der Waals surface area (Å²) in [5.41, 5.74) is 6.84. The van der Waals surface area contributed by atoms with Crippen LogP contribution in [0, 0.1) is 5.82 Å². The van der Waals surface area contributed by atoms with Gasteiger partial charge in [-0.05, 0) is 35.9 Å². The molecular weight excluding hydrogens is 308 g/mol. The lowest BCUT2D eigenvalue weighted by atomic mass is 10.2. The molecule has 19 heavy (non-hydrogen) atoms. The molecule has 2 aromatic carbocycles. The van der Waals surface area contributed by atoms with Crippen molar-refractivity contribution in [1.29, 1.82) is 0 Å². The maximum Gasteiger partial charge on any atom is 0.141 e. The van der Waals surface area contributed by atoms with Crippen LogP contribution in [0.1, 0.15) is 5.56 Å². The summed E-state index contributed by atoms with van der Waals surface area (Å²) in [7, 11) is -1.36. The molecule has 0 bridgehead atoms. The van der Waals surface area contributed by atoms with Crippen molar-refractivity contribution in [2.45, 2.75) is 10.6 Å². The van der Waals surface area contributed by atoms with Crippen molar-refractivity contribution in [2.75, 3.05) is 5.73 Å². The van der Waals surface area contributed by atoms with Gasteiger partial charge < -0.3 is 5.73 Å². The first kappa shape index (κ1) is 14.3. The lowest BCUT2D eigenvalue weighted by Crippen LogP contribution is -2.01. The second-order valence-corrected chi connectivity index (χ2v) is 6.18. The number of nitrogens with two attached hydrogens (primary N) is 1. The normalized spacial score (nSPS) is 12.4. The Kier molecular flexibility index (Phi) is 4.45. The molecule has 0 aliphatic carbocycles. The van der Waals surface area contributed by atoms with Gasteiger partial charge in [0.15, 0.2) is 0 Å². The van der Waals surface area contributed by atoms with Crippen molar-refractivity contribution in [3.8, 4) is 0 Å². The summed E-state index contributed by atoms with van der Waals surface area (Å²) in [6.45, 7) is 0. The minimum Gasteiger partial charge on any atom is -0.398 e. The molecule has 0 saturated carbocycles. The molecule has 0 spiro atoms. The average molecular weight is 318 g/mol. The molecular formula is C13H10Cl2FNOS. The van der Waals surface area contributed by atoms with E-state index in [1.807, 2.05) is 0 Å². The van der Waals surface area contributed by atoms with E-state index in [2.05, 4.69) is 0 Å². The van der Waals surface area contributed by atoms with E-state index in [1.165, 1.54) is 12.1 Å². The number of benzene rings is 2. The van der Waals surface area contributed by atoms with Crippen LogP contribution in [0.3, 0.4) is 0 Å². The first-order valence-corrected chi connectivity index (χ1v) is 7.42. The zero-order chi connectivity index (χ0) is 14.0. The van der Waals surface area contributed by atoms with Crippen LogP contribution in [-0.4, -0.2) is 4.21 Å². The Morgan fingerprint density at radius 3 is 2.58 bits per heavy atom. The molecule has 0 aliphatic heterocycles. The molecule has 2 N–H and O–H groups in total. The molecule has 0 fully saturated rings. The third-order valence-electron chi connectivity index (χ3n) is 2.50. The molecule has 0 heterocycles. The van der Waals surface area contributed by atoms with Gasteiger partial charge in [0.25, 0.3) is 0 Å². The topological polar surface area (TPSA) is 43.1 Å². The van der Waals surface area contributed by atoms with Gasteiger partial charge in [-0.1, -0.05) is 29.3 Å². The van der Waals surface area contributed by atoms with Crippen molar-refractivity contribution in [3.63, 3.8) is 0 Å². The highest BCUT2D eigenvalue weighted by molar-refractivity contribution is 7.84. The van der Waals surface area contributed by atoms with Crippen molar-refractivity contribution >= 4 is 39.7 Å². The number of hydrogen-bond acceptors (Lipinski definition) is 2. The highest BCUT2D eigenvalue weighted by atomic mass is 35.5. The summed E-state index contributed by atoms with van der Waals surface area (Å²) in [6.07, 6.45) is 0. The van der Waals surface area contributed by atoms with E-state index in [4.69, 9.17) is 28.9 Å². The quantitative estimate of drug-likeness (QED) is 0.869. The molecule has 0 aromatic heterocycles. The van der Waals surface area contributed by atoms with Crippen molar-refractivity contribution < 1.29 is 8.60 Å². The van der Waals surface area contributed by atoms with Crippen molar-refractivity contribution in [3.05, 3.63) is 57.8 Å². The van der Waals surface area contributed by atoms with Crippen LogP contribution in [0.2, 0.25) is 10.0 Å². The fourth-order valence-electron chi connectivity index (χ4n) is 1.56. The van der Waals surface area contributed by atoms with Crippen molar-refractivity contribution in [2.24, 2.45) is 0 Å². The zero-order valence-corrected chi connectivity index (χ0v) is 12.0. The molecule has 0 aliphatic rings. The van der Waals surface area contributed by atoms with E-state index in [0.29, 0.717) is 21.2 Å². The molecule has 100 valence electrons. The van der Waals surface area contributed by atoms with Gasteiger partial charge >= 0.3 is 0 Å². The monoisotopic (exact) mass is 317 g/mol. The summed E-state index contributed by atoms with van der Waals surface area (Å²) in [4.78, 5) is 0.466. The predicted molar refractivity (Wildman–Crippen MR) is 77.4 cm³/mol. The molecule has 0 radical (unpaired) electrons. The van der Waals surface area contributed by atoms with Gasteiger partial charge in [-0.2, -0.15) is 0 Å². The second-order valence-electron chi connectivity index (χ2n) is 3.92. The molecule has 0 amide bonds. The molecule has 0 saturated heterocycles. The highest BCUT2D eigenvalue weighted by Gasteiger charge is 2.11. The third kappa shape index (κ3) is 3.47. The van der Waals surface area contributed by atoms with Crippen LogP contribution in [-0.2, 0) is 16.6 Å². The summed E-state index contributed by atoms with van der Waals surface area (Å²) in [6, 6.07) is 9.04. The molecule has 2 rings (SSSR count). The first-order chi connectivity index (χ1) is 8.97. The predicted octanol–water partition coefficient (Wildman–Crippen LogP) is 4.02. The molecule has 1 unspecified atom stereocenters. The molecule has 1 atom stereocenters. The average Bonchev–Trinajstić information content (AvgIpc) is 2.36. The number of rotatable bonds is 3. The van der Waals surface area contributed by atoms with Gasteiger partial charge in [-0.25, -0.2) is 4.39 Å². The summed E-state index contributed by atoms with van der Waals surface area (Å²) in [5, 5.41) is 0.475. The fourth-order valence-corrected chi connectivity index (χ4v) is 3.23. The first-order valence-electron chi connectivity index (χ1n) is 5.34. The molecule has 6 heteroatoms. The Morgan fingerprint density at radius 1 is 1.16 bits per heavy atom. The van der Waals surface area contributed by atoms with Gasteiger partial charge in [0.2, 0.25) is 0 Å². The zero-order valence-electron chi connectivity index (χ0n) is 9.70. The lowest BCUT2D eigenvalue weighted by Gasteiger charge is -2.07. The molecule has 2 nitrogen and oxygen atoms in total. The second kappa shape index (κ2) is 5.90. The van der Waals surface area contributed by atoms with Gasteiger partial charge in [-0.3, -0.25) is 4.21 Å². The van der Waals surface area contributed by atoms with Crippen LogP contribution in [0.15, 0.2) is 41.3 Å². The largest absolute Gasteiger partial charge is 0.398 e. The third-order valence-corrected chi connectivity index (χ3v) is 4.47. The Balaban J connectivity index is 2.25. The van der Waals surface area contributed by atoms with Crippen LogP contribution in [0.25, 0.3) is 0 Å². The number of hydrogen-bond donors (Lipinski definition) is 1. The van der Waals surface area contributed by atoms with Crippen LogP contribution >= 0.6 is 23.2 Å². The standard InChI is InChI=1S/C13H10Cl2FNOS/c14-9-2-4-12(17)13(6-9)19(18)7-8-1-3-11(16)10(15)5-8/h1-6H,7,17H2. The SMILES string of the molecule is Nc1ccc(Cl)cc1S(=O)Cc1ccc(F)c(Cl)c1. The van der Waals surface area contributed by atoms with Crippen LogP contribution in [0.5, 0.6) is 0 Å². The summed E-state index contributed by atoms with van der Waals surface area (Å²) in [5.74, 6) is -0.302. The maximum absolute atomic E-state index is 13.0. The van der Waals surface area contributed by atoms with Gasteiger partial charge in [0.1, 0.15) is 5.82 Å². The van der Waals surface area contributed by atoms with E-state index >= 15 is 0 Å². The number of halogens is 3. The number of nitrogen functional groups attached to an aromatic ring is 1. The van der Waals surface area contributed by atoms with Gasteiger partial charge in [0, 0.05) is 10.7 Å². The van der Waals surface area contributed by atoms with Crippen LogP contribution in [0.4, 0.5) is 10.1 Å². The lowest BCUT2D eigenvalue weighted by molar-refractivity contribution is 0.627. The maximum atomic E-state index is 13.0. The molecule has 2 aromatic rings.